The van der Waals surface area contributed by atoms with E-state index in [0.29, 0.717) is 0 Å². The molecule has 1 atom stereocenters. The fourth-order valence-corrected chi connectivity index (χ4v) is 1.84. The summed E-state index contributed by atoms with van der Waals surface area (Å²) in [6.07, 6.45) is 1.03. The molecule has 6 heteroatoms. The SMILES string of the molecule is CBCc1ccc(NC(=O)CNC(=O)C(N)C(C)C)cc1. The van der Waals surface area contributed by atoms with Crippen LogP contribution in [0.1, 0.15) is 19.4 Å². The predicted octanol–water partition coefficient (Wildman–Crippen LogP) is 0.709. The lowest BCUT2D eigenvalue weighted by Gasteiger charge is -2.15. The summed E-state index contributed by atoms with van der Waals surface area (Å²) in [7, 11) is 1.09. The van der Waals surface area contributed by atoms with Gasteiger partial charge >= 0.3 is 0 Å². The molecule has 0 heterocycles. The number of hydrogen-bond donors (Lipinski definition) is 3. The van der Waals surface area contributed by atoms with Crippen LogP contribution in [0.15, 0.2) is 24.3 Å². The van der Waals surface area contributed by atoms with Gasteiger partial charge < -0.3 is 16.4 Å². The second kappa shape index (κ2) is 8.47. The van der Waals surface area contributed by atoms with Gasteiger partial charge in [-0.05, 0) is 18.1 Å². The fraction of sp³-hybridized carbons (Fsp3) is 0.467. The molecule has 0 aliphatic heterocycles. The highest BCUT2D eigenvalue weighted by Crippen LogP contribution is 2.09. The van der Waals surface area contributed by atoms with E-state index in [-0.39, 0.29) is 24.3 Å². The van der Waals surface area contributed by atoms with Crippen molar-refractivity contribution in [1.29, 1.82) is 0 Å². The Bertz CT molecular complexity index is 474. The van der Waals surface area contributed by atoms with Crippen molar-refractivity contribution in [3.05, 3.63) is 29.8 Å². The van der Waals surface area contributed by atoms with E-state index < -0.39 is 6.04 Å². The zero-order chi connectivity index (χ0) is 15.8. The summed E-state index contributed by atoms with van der Waals surface area (Å²) in [5.41, 5.74) is 7.67. The molecule has 1 aromatic carbocycles. The number of benzene rings is 1. The Labute approximate surface area is 126 Å². The first-order chi connectivity index (χ1) is 9.93. The van der Waals surface area contributed by atoms with E-state index in [1.807, 2.05) is 38.1 Å². The first-order valence-corrected chi connectivity index (χ1v) is 7.36. The fourth-order valence-electron chi connectivity index (χ4n) is 1.84. The largest absolute Gasteiger partial charge is 0.346 e. The zero-order valence-electron chi connectivity index (χ0n) is 13.0. The molecule has 114 valence electrons. The van der Waals surface area contributed by atoms with Crippen LogP contribution in [-0.4, -0.2) is 31.7 Å². The maximum Gasteiger partial charge on any atom is 0.243 e. The lowest BCUT2D eigenvalue weighted by Crippen LogP contribution is -2.46. The standard InChI is InChI=1S/C15H24BN3O2/c1-10(2)14(17)15(21)18-9-13(20)19-12-6-4-11(5-7-12)8-16-3/h4-7,10,14,16H,8-9,17H2,1-3H3,(H,18,21)(H,19,20). The molecule has 2 amide bonds. The van der Waals surface area contributed by atoms with E-state index in [0.717, 1.165) is 19.3 Å². The van der Waals surface area contributed by atoms with Crippen molar-refractivity contribution in [2.45, 2.75) is 33.0 Å². The van der Waals surface area contributed by atoms with Crippen LogP contribution in [0.4, 0.5) is 5.69 Å². The highest BCUT2D eigenvalue weighted by atomic mass is 16.2. The molecular formula is C15H24BN3O2. The number of carbonyl (C=O) groups is 2. The smallest absolute Gasteiger partial charge is 0.243 e. The van der Waals surface area contributed by atoms with Crippen LogP contribution in [0.5, 0.6) is 0 Å². The molecule has 1 aromatic rings. The number of amides is 2. The van der Waals surface area contributed by atoms with E-state index >= 15 is 0 Å². The van der Waals surface area contributed by atoms with Gasteiger partial charge in [-0.2, -0.15) is 0 Å². The summed E-state index contributed by atoms with van der Waals surface area (Å²) < 4.78 is 0. The maximum atomic E-state index is 11.8. The molecule has 0 bridgehead atoms. The molecule has 0 aliphatic rings. The zero-order valence-corrected chi connectivity index (χ0v) is 13.0. The molecule has 0 spiro atoms. The van der Waals surface area contributed by atoms with Gasteiger partial charge in [0.05, 0.1) is 12.6 Å². The Morgan fingerprint density at radius 3 is 2.38 bits per heavy atom. The van der Waals surface area contributed by atoms with Crippen LogP contribution < -0.4 is 16.4 Å². The van der Waals surface area contributed by atoms with Crippen LogP contribution in [-0.2, 0) is 15.9 Å². The molecule has 0 aromatic heterocycles. The van der Waals surface area contributed by atoms with Crippen molar-refractivity contribution in [1.82, 2.24) is 5.32 Å². The van der Waals surface area contributed by atoms with Gasteiger partial charge in [-0.1, -0.05) is 44.7 Å². The molecule has 21 heavy (non-hydrogen) atoms. The van der Waals surface area contributed by atoms with E-state index in [2.05, 4.69) is 17.5 Å². The molecule has 4 N–H and O–H groups in total. The predicted molar refractivity (Wildman–Crippen MR) is 87.6 cm³/mol. The van der Waals surface area contributed by atoms with E-state index in [1.165, 1.54) is 5.56 Å². The third kappa shape index (κ3) is 6.00. The Balaban J connectivity index is 2.41. The molecule has 0 aliphatic carbocycles. The number of anilines is 1. The number of rotatable bonds is 7. The topological polar surface area (TPSA) is 84.2 Å². The van der Waals surface area contributed by atoms with Gasteiger partial charge in [0.2, 0.25) is 11.8 Å². The van der Waals surface area contributed by atoms with Gasteiger partial charge in [-0.15, -0.1) is 0 Å². The van der Waals surface area contributed by atoms with Crippen LogP contribution in [0.3, 0.4) is 0 Å². The molecular weight excluding hydrogens is 265 g/mol. The molecule has 5 nitrogen and oxygen atoms in total. The highest BCUT2D eigenvalue weighted by Gasteiger charge is 2.17. The van der Waals surface area contributed by atoms with Gasteiger partial charge in [0, 0.05) is 5.69 Å². The van der Waals surface area contributed by atoms with Gasteiger partial charge in [0.15, 0.2) is 0 Å². The van der Waals surface area contributed by atoms with Crippen molar-refractivity contribution in [2.75, 3.05) is 11.9 Å². The van der Waals surface area contributed by atoms with Crippen LogP contribution >= 0.6 is 0 Å². The van der Waals surface area contributed by atoms with Crippen LogP contribution in [0, 0.1) is 5.92 Å². The van der Waals surface area contributed by atoms with E-state index in [4.69, 9.17) is 5.73 Å². The molecule has 1 unspecified atom stereocenters. The number of carbonyl (C=O) groups excluding carboxylic acids is 2. The van der Waals surface area contributed by atoms with Crippen molar-refractivity contribution in [3.8, 4) is 0 Å². The Kier molecular flexibility index (Phi) is 6.95. The van der Waals surface area contributed by atoms with Crippen LogP contribution in [0.2, 0.25) is 6.82 Å². The van der Waals surface area contributed by atoms with E-state index in [1.54, 1.807) is 0 Å². The highest BCUT2D eigenvalue weighted by molar-refractivity contribution is 6.32. The van der Waals surface area contributed by atoms with Crippen molar-refractivity contribution >= 4 is 24.8 Å². The summed E-state index contributed by atoms with van der Waals surface area (Å²) in [5.74, 6) is -0.528. The molecule has 0 fully saturated rings. The van der Waals surface area contributed by atoms with Crippen molar-refractivity contribution < 1.29 is 9.59 Å². The molecule has 1 rings (SSSR count). The lowest BCUT2D eigenvalue weighted by molar-refractivity contribution is -0.125. The van der Waals surface area contributed by atoms with Crippen LogP contribution in [0.25, 0.3) is 0 Å². The van der Waals surface area contributed by atoms with Gasteiger partial charge in [-0.3, -0.25) is 9.59 Å². The van der Waals surface area contributed by atoms with E-state index in [9.17, 15) is 9.59 Å². The summed E-state index contributed by atoms with van der Waals surface area (Å²) in [6.45, 7) is 5.78. The third-order valence-corrected chi connectivity index (χ3v) is 3.22. The molecule has 0 saturated heterocycles. The summed E-state index contributed by atoms with van der Waals surface area (Å²) in [6, 6.07) is 7.12. The second-order valence-corrected chi connectivity index (χ2v) is 5.48. The van der Waals surface area contributed by atoms with Gasteiger partial charge in [-0.25, -0.2) is 0 Å². The summed E-state index contributed by atoms with van der Waals surface area (Å²) >= 11 is 0. The minimum Gasteiger partial charge on any atom is -0.346 e. The number of nitrogens with one attached hydrogen (secondary N) is 2. The monoisotopic (exact) mass is 289 g/mol. The quantitative estimate of drug-likeness (QED) is 0.646. The first kappa shape index (κ1) is 17.2. The minimum absolute atomic E-state index is 0.0409. The number of nitrogens with two attached hydrogens (primary N) is 1. The number of hydrogen-bond acceptors (Lipinski definition) is 3. The minimum atomic E-state index is -0.592. The Morgan fingerprint density at radius 1 is 1.24 bits per heavy atom. The molecule has 0 radical (unpaired) electrons. The average molecular weight is 289 g/mol. The third-order valence-electron chi connectivity index (χ3n) is 3.22. The lowest BCUT2D eigenvalue weighted by atomic mass is 9.75. The van der Waals surface area contributed by atoms with Gasteiger partial charge in [0.1, 0.15) is 7.28 Å². The second-order valence-electron chi connectivity index (χ2n) is 5.48. The summed E-state index contributed by atoms with van der Waals surface area (Å²) in [5, 5.41) is 5.28. The van der Waals surface area contributed by atoms with Gasteiger partial charge in [0.25, 0.3) is 0 Å². The van der Waals surface area contributed by atoms with Crippen molar-refractivity contribution in [3.63, 3.8) is 0 Å². The first-order valence-electron chi connectivity index (χ1n) is 7.36. The normalized spacial score (nSPS) is 11.9. The van der Waals surface area contributed by atoms with Crippen molar-refractivity contribution in [2.24, 2.45) is 11.7 Å². The Hall–Kier alpha value is -1.82. The average Bonchev–Trinajstić information content (AvgIpc) is 2.46. The summed E-state index contributed by atoms with van der Waals surface area (Å²) in [4.78, 5) is 23.4. The molecule has 0 saturated carbocycles. The maximum absolute atomic E-state index is 11.8. The Morgan fingerprint density at radius 2 is 1.86 bits per heavy atom.